The van der Waals surface area contributed by atoms with Crippen molar-refractivity contribution in [1.29, 1.82) is 0 Å². The lowest BCUT2D eigenvalue weighted by Crippen LogP contribution is -2.71. The highest BCUT2D eigenvalue weighted by Gasteiger charge is 2.64. The molecule has 0 radical (unpaired) electrons. The largest absolute Gasteiger partial charge is 0.377 e. The van der Waals surface area contributed by atoms with Crippen LogP contribution in [0.4, 0.5) is 0 Å². The van der Waals surface area contributed by atoms with E-state index in [9.17, 15) is 0 Å². The van der Waals surface area contributed by atoms with Crippen LogP contribution in [0.5, 0.6) is 0 Å². The first-order valence-electron chi connectivity index (χ1n) is 21.8. The normalized spacial score (nSPS) is 42.1. The monoisotopic (exact) mass is 826 g/mol. The number of hydrogen-bond acceptors (Lipinski definition) is 10. The Morgan fingerprint density at radius 2 is 1.41 bits per heavy atom. The summed E-state index contributed by atoms with van der Waals surface area (Å²) in [5.41, 5.74) is 0.854. The summed E-state index contributed by atoms with van der Waals surface area (Å²) in [5.74, 6) is 0.859. The summed E-state index contributed by atoms with van der Waals surface area (Å²) in [6, 6.07) is 30.8. The van der Waals surface area contributed by atoms with E-state index in [-0.39, 0.29) is 42.7 Å². The van der Waals surface area contributed by atoms with Crippen molar-refractivity contribution < 1.29 is 42.6 Å². The van der Waals surface area contributed by atoms with Gasteiger partial charge in [0.15, 0.2) is 6.29 Å². The van der Waals surface area contributed by atoms with E-state index < -0.39 is 33.6 Å². The zero-order valence-corrected chi connectivity index (χ0v) is 36.1. The van der Waals surface area contributed by atoms with Crippen molar-refractivity contribution in [3.05, 3.63) is 120 Å². The molecule has 0 saturated carbocycles. The minimum absolute atomic E-state index is 0.137. The van der Waals surface area contributed by atoms with E-state index in [4.69, 9.17) is 42.6 Å². The molecule has 6 aliphatic rings. The Morgan fingerprint density at radius 3 is 2.14 bits per heavy atom. The van der Waals surface area contributed by atoms with Crippen molar-refractivity contribution in [2.24, 2.45) is 0 Å². The number of fused-ring (bicyclic) bond motifs is 5. The molecule has 5 saturated heterocycles. The van der Waals surface area contributed by atoms with E-state index in [0.717, 1.165) is 35.3 Å². The van der Waals surface area contributed by atoms with E-state index in [1.54, 1.807) is 0 Å². The minimum atomic E-state index is -0.695. The van der Waals surface area contributed by atoms with Gasteiger partial charge in [-0.15, -0.1) is 11.8 Å². The molecule has 0 bridgehead atoms. The van der Waals surface area contributed by atoms with Crippen molar-refractivity contribution in [1.82, 2.24) is 0 Å². The van der Waals surface area contributed by atoms with Crippen molar-refractivity contribution >= 4 is 11.8 Å². The summed E-state index contributed by atoms with van der Waals surface area (Å²) in [4.78, 5) is -0.695. The van der Waals surface area contributed by atoms with Gasteiger partial charge < -0.3 is 42.6 Å². The molecule has 9 nitrogen and oxygen atoms in total. The van der Waals surface area contributed by atoms with Crippen LogP contribution in [0.25, 0.3) is 0 Å². The smallest absolute Gasteiger partial charge is 0.184 e. The number of hydrogen-bond donors (Lipinski definition) is 0. The third-order valence-electron chi connectivity index (χ3n) is 13.7. The van der Waals surface area contributed by atoms with Crippen molar-refractivity contribution in [2.45, 2.75) is 163 Å². The Balaban J connectivity index is 0.941. The molecular weight excluding hydrogens is 765 g/mol. The van der Waals surface area contributed by atoms with Gasteiger partial charge in [0.05, 0.1) is 73.2 Å². The Kier molecular flexibility index (Phi) is 12.0. The fourth-order valence-electron chi connectivity index (χ4n) is 10.6. The van der Waals surface area contributed by atoms with Gasteiger partial charge in [-0.1, -0.05) is 110 Å². The van der Waals surface area contributed by atoms with Crippen molar-refractivity contribution in [2.75, 3.05) is 19.0 Å². The van der Waals surface area contributed by atoms with Crippen LogP contribution in [0, 0.1) is 0 Å². The topological polar surface area (TPSA) is 83.1 Å². The molecule has 5 fully saturated rings. The van der Waals surface area contributed by atoms with Crippen LogP contribution in [0.2, 0.25) is 0 Å². The van der Waals surface area contributed by atoms with Gasteiger partial charge in [-0.3, -0.25) is 0 Å². The fraction of sp³-hybridized carbons (Fsp3) is 0.592. The molecule has 0 amide bonds. The third kappa shape index (κ3) is 8.49. The molecule has 6 aliphatic heterocycles. The van der Waals surface area contributed by atoms with Gasteiger partial charge in [0, 0.05) is 37.9 Å². The van der Waals surface area contributed by atoms with Gasteiger partial charge in [0.25, 0.3) is 0 Å². The van der Waals surface area contributed by atoms with Crippen molar-refractivity contribution in [3.8, 4) is 0 Å². The highest BCUT2D eigenvalue weighted by molar-refractivity contribution is 8.00. The Labute approximate surface area is 354 Å². The molecule has 318 valence electrons. The minimum Gasteiger partial charge on any atom is -0.377 e. The molecule has 0 aromatic heterocycles. The molecule has 59 heavy (non-hydrogen) atoms. The molecule has 0 spiro atoms. The second-order valence-electron chi connectivity index (χ2n) is 18.3. The standard InChI is InChI=1S/C49H62O9S/c1-6-59-49-29-43-47(4,32-46(3,52-31-35-19-12-8-13-20-35)39(54-43)25-26-50-30-34-17-10-7-11-18-34)57-40(49)24-16-23-37-38(56-49)28-45(2)41(53-37)27-42-48(5,58-45)33-51-44(55-42)36-21-14-9-15-22-36/h7-22,24,37-44H,6,23,25-33H2,1-5H3/b24-16-/t37-,38+,39-,40+,41+,42-,43+,44?,45-,46+,47-,48+,49-/m0/s1. The predicted octanol–water partition coefficient (Wildman–Crippen LogP) is 9.28. The molecule has 10 heteroatoms. The van der Waals surface area contributed by atoms with Crippen LogP contribution in [0.15, 0.2) is 103 Å². The van der Waals surface area contributed by atoms with Gasteiger partial charge in [-0.2, -0.15) is 0 Å². The summed E-state index contributed by atoms with van der Waals surface area (Å²) in [6.07, 6.45) is 6.81. The first-order chi connectivity index (χ1) is 28.5. The summed E-state index contributed by atoms with van der Waals surface area (Å²) < 4.78 is 62.3. The van der Waals surface area contributed by atoms with Crippen LogP contribution in [-0.2, 0) is 55.8 Å². The molecule has 6 heterocycles. The second kappa shape index (κ2) is 16.9. The maximum absolute atomic E-state index is 7.50. The maximum atomic E-state index is 7.50. The number of ether oxygens (including phenoxy) is 9. The lowest BCUT2D eigenvalue weighted by Gasteiger charge is -2.62. The second-order valence-corrected chi connectivity index (χ2v) is 19.9. The first-order valence-corrected chi connectivity index (χ1v) is 22.8. The third-order valence-corrected chi connectivity index (χ3v) is 14.9. The summed E-state index contributed by atoms with van der Waals surface area (Å²) in [6.45, 7) is 12.9. The molecule has 0 aliphatic carbocycles. The lowest BCUT2D eigenvalue weighted by atomic mass is 9.73. The van der Waals surface area contributed by atoms with Gasteiger partial charge in [0.1, 0.15) is 16.6 Å². The van der Waals surface area contributed by atoms with E-state index >= 15 is 0 Å². The Morgan fingerprint density at radius 1 is 0.712 bits per heavy atom. The van der Waals surface area contributed by atoms with Crippen LogP contribution in [0.3, 0.4) is 0 Å². The van der Waals surface area contributed by atoms with E-state index in [1.165, 1.54) is 0 Å². The molecule has 3 aromatic carbocycles. The number of thioether (sulfide) groups is 1. The lowest BCUT2D eigenvalue weighted by molar-refractivity contribution is -0.382. The molecule has 1 unspecified atom stereocenters. The van der Waals surface area contributed by atoms with Crippen LogP contribution in [0.1, 0.15) is 96.1 Å². The van der Waals surface area contributed by atoms with E-state index in [0.29, 0.717) is 52.1 Å². The summed E-state index contributed by atoms with van der Waals surface area (Å²) >= 11 is 1.82. The van der Waals surface area contributed by atoms with Crippen LogP contribution >= 0.6 is 11.8 Å². The Hall–Kier alpha value is -2.61. The predicted molar refractivity (Wildman–Crippen MR) is 227 cm³/mol. The summed E-state index contributed by atoms with van der Waals surface area (Å²) in [5, 5.41) is 0. The fourth-order valence-corrected chi connectivity index (χ4v) is 11.8. The number of benzene rings is 3. The van der Waals surface area contributed by atoms with Crippen molar-refractivity contribution in [3.63, 3.8) is 0 Å². The van der Waals surface area contributed by atoms with Crippen LogP contribution < -0.4 is 0 Å². The molecule has 9 rings (SSSR count). The summed E-state index contributed by atoms with van der Waals surface area (Å²) in [7, 11) is 0. The van der Waals surface area contributed by atoms with E-state index in [2.05, 4.69) is 95.3 Å². The molecule has 13 atom stereocenters. The zero-order chi connectivity index (χ0) is 40.7. The first kappa shape index (κ1) is 41.7. The molecule has 0 N–H and O–H groups in total. The SMILES string of the molecule is CCS[C@@]12C[C@H]3O[C@@H](CCOCc4ccccc4)[C@](C)(OCc4ccccc4)C[C@]3(C)O[C@@H]1/C=C\C[C@@H]1O[C@@H]3C[C@@H]4OC(c5ccccc5)OC[C@@]4(C)O[C@@]3(C)C[C@H]1O2. The van der Waals surface area contributed by atoms with Gasteiger partial charge in [-0.05, 0) is 57.4 Å². The molecule has 3 aromatic rings. The van der Waals surface area contributed by atoms with Gasteiger partial charge in [0.2, 0.25) is 0 Å². The maximum Gasteiger partial charge on any atom is 0.184 e. The average Bonchev–Trinajstić information content (AvgIpc) is 3.22. The zero-order valence-electron chi connectivity index (χ0n) is 35.3. The molecular formula is C49H62O9S. The van der Waals surface area contributed by atoms with Gasteiger partial charge >= 0.3 is 0 Å². The Bertz CT molecular complexity index is 1890. The quantitative estimate of drug-likeness (QED) is 0.138. The van der Waals surface area contributed by atoms with Gasteiger partial charge in [-0.25, -0.2) is 0 Å². The van der Waals surface area contributed by atoms with Crippen LogP contribution in [-0.4, -0.2) is 89.0 Å². The highest BCUT2D eigenvalue weighted by atomic mass is 32.2. The van der Waals surface area contributed by atoms with E-state index in [1.807, 2.05) is 54.2 Å². The highest BCUT2D eigenvalue weighted by Crippen LogP contribution is 2.56. The average molecular weight is 827 g/mol. The number of rotatable bonds is 11.